The molecule has 0 saturated carbocycles. The zero-order valence-corrected chi connectivity index (χ0v) is 10.6. The van der Waals surface area contributed by atoms with E-state index in [2.05, 4.69) is 9.80 Å². The van der Waals surface area contributed by atoms with Gasteiger partial charge in [0.2, 0.25) is 0 Å². The van der Waals surface area contributed by atoms with E-state index in [9.17, 15) is 4.39 Å². The van der Waals surface area contributed by atoms with Crippen LogP contribution in [0.1, 0.15) is 18.4 Å². The molecular weight excluding hydrogens is 229 g/mol. The number of hydrogen-bond acceptors (Lipinski definition) is 3. The van der Waals surface area contributed by atoms with Gasteiger partial charge in [0, 0.05) is 37.8 Å². The largest absolute Gasteiger partial charge is 0.396 e. The Hall–Kier alpha value is -1.13. The molecule has 4 heteroatoms. The van der Waals surface area contributed by atoms with Crippen LogP contribution >= 0.6 is 0 Å². The number of benzene rings is 1. The Bertz CT molecular complexity index is 435. The molecule has 2 heterocycles. The van der Waals surface area contributed by atoms with Gasteiger partial charge in [-0.25, -0.2) is 4.39 Å². The second-order valence-corrected chi connectivity index (χ2v) is 5.39. The first-order chi connectivity index (χ1) is 8.74. The Kier molecular flexibility index (Phi) is 3.22. The molecule has 3 rings (SSSR count). The predicted octanol–water partition coefficient (Wildman–Crippen LogP) is 1.69. The minimum absolute atomic E-state index is 0.244. The van der Waals surface area contributed by atoms with Crippen molar-refractivity contribution in [2.75, 3.05) is 31.9 Å². The van der Waals surface area contributed by atoms with Gasteiger partial charge in [0.05, 0.1) is 5.69 Å². The van der Waals surface area contributed by atoms with Gasteiger partial charge >= 0.3 is 0 Å². The fourth-order valence-corrected chi connectivity index (χ4v) is 3.16. The third-order valence-electron chi connectivity index (χ3n) is 4.17. The van der Waals surface area contributed by atoms with E-state index < -0.39 is 0 Å². The summed E-state index contributed by atoms with van der Waals surface area (Å²) < 4.78 is 13.9. The minimum atomic E-state index is -0.244. The molecule has 0 spiro atoms. The molecule has 0 bridgehead atoms. The zero-order valence-electron chi connectivity index (χ0n) is 10.6. The van der Waals surface area contributed by atoms with Crippen molar-refractivity contribution >= 4 is 5.69 Å². The van der Waals surface area contributed by atoms with Crippen molar-refractivity contribution in [2.45, 2.75) is 25.4 Å². The molecule has 98 valence electrons. The predicted molar refractivity (Wildman–Crippen MR) is 70.7 cm³/mol. The van der Waals surface area contributed by atoms with Crippen molar-refractivity contribution in [3.63, 3.8) is 0 Å². The van der Waals surface area contributed by atoms with E-state index >= 15 is 0 Å². The molecule has 0 aliphatic carbocycles. The summed E-state index contributed by atoms with van der Waals surface area (Å²) >= 11 is 0. The van der Waals surface area contributed by atoms with Gasteiger partial charge in [-0.2, -0.15) is 0 Å². The molecule has 0 radical (unpaired) electrons. The maximum Gasteiger partial charge on any atom is 0.150 e. The molecule has 18 heavy (non-hydrogen) atoms. The Morgan fingerprint density at radius 3 is 3.06 bits per heavy atom. The van der Waals surface area contributed by atoms with Crippen LogP contribution in [0.2, 0.25) is 0 Å². The number of nitrogen functional groups attached to an aromatic ring is 1. The topological polar surface area (TPSA) is 32.5 Å². The van der Waals surface area contributed by atoms with Crippen molar-refractivity contribution < 1.29 is 4.39 Å². The summed E-state index contributed by atoms with van der Waals surface area (Å²) in [5.41, 5.74) is 6.59. The van der Waals surface area contributed by atoms with E-state index in [4.69, 9.17) is 5.73 Å². The lowest BCUT2D eigenvalue weighted by Gasteiger charge is -2.37. The summed E-state index contributed by atoms with van der Waals surface area (Å²) in [6.07, 6.45) is 2.60. The van der Waals surface area contributed by atoms with E-state index in [1.807, 2.05) is 12.1 Å². The van der Waals surface area contributed by atoms with Crippen molar-refractivity contribution in [3.05, 3.63) is 29.6 Å². The van der Waals surface area contributed by atoms with Crippen molar-refractivity contribution in [3.8, 4) is 0 Å². The molecule has 3 nitrogen and oxygen atoms in total. The van der Waals surface area contributed by atoms with Crippen LogP contribution in [-0.4, -0.2) is 42.0 Å². The molecule has 2 fully saturated rings. The van der Waals surface area contributed by atoms with Crippen LogP contribution in [0.15, 0.2) is 18.2 Å². The number of nitrogens with zero attached hydrogens (tertiary/aromatic N) is 2. The standard InChI is InChI=1S/C14H20FN3/c15-14-11(3-1-5-13(14)16)9-17-7-8-18-6-2-4-12(18)10-17/h1,3,5,12H,2,4,6-10,16H2. The maximum absolute atomic E-state index is 13.9. The summed E-state index contributed by atoms with van der Waals surface area (Å²) in [6, 6.07) is 5.97. The van der Waals surface area contributed by atoms with Gasteiger partial charge < -0.3 is 5.73 Å². The molecule has 2 aliphatic rings. The van der Waals surface area contributed by atoms with E-state index in [0.29, 0.717) is 12.6 Å². The van der Waals surface area contributed by atoms with Crippen LogP contribution in [0.5, 0.6) is 0 Å². The molecule has 1 unspecified atom stereocenters. The minimum Gasteiger partial charge on any atom is -0.396 e. The molecule has 2 saturated heterocycles. The summed E-state index contributed by atoms with van der Waals surface area (Å²) in [7, 11) is 0. The van der Waals surface area contributed by atoms with Crippen LogP contribution in [0.25, 0.3) is 0 Å². The van der Waals surface area contributed by atoms with Crippen molar-refractivity contribution in [1.82, 2.24) is 9.80 Å². The van der Waals surface area contributed by atoms with Gasteiger partial charge in [0.25, 0.3) is 0 Å². The number of halogens is 1. The smallest absolute Gasteiger partial charge is 0.150 e. The molecule has 0 amide bonds. The number of rotatable bonds is 2. The van der Waals surface area contributed by atoms with Crippen LogP contribution < -0.4 is 5.73 Å². The first-order valence-electron chi connectivity index (χ1n) is 6.73. The van der Waals surface area contributed by atoms with E-state index in [1.165, 1.54) is 19.4 Å². The third-order valence-corrected chi connectivity index (χ3v) is 4.17. The molecule has 2 aliphatic heterocycles. The average Bonchev–Trinajstić information content (AvgIpc) is 2.82. The molecule has 1 atom stereocenters. The number of fused-ring (bicyclic) bond motifs is 1. The molecule has 1 aromatic carbocycles. The van der Waals surface area contributed by atoms with E-state index in [0.717, 1.165) is 25.2 Å². The molecule has 0 aromatic heterocycles. The molecule has 1 aromatic rings. The monoisotopic (exact) mass is 249 g/mol. The second-order valence-electron chi connectivity index (χ2n) is 5.39. The van der Waals surface area contributed by atoms with Gasteiger partial charge in [-0.05, 0) is 25.5 Å². The van der Waals surface area contributed by atoms with Gasteiger partial charge in [0.15, 0.2) is 5.82 Å². The van der Waals surface area contributed by atoms with Crippen molar-refractivity contribution in [2.24, 2.45) is 0 Å². The van der Waals surface area contributed by atoms with Gasteiger partial charge in [0.1, 0.15) is 0 Å². The lowest BCUT2D eigenvalue weighted by atomic mass is 10.1. The summed E-state index contributed by atoms with van der Waals surface area (Å²) in [6.45, 7) is 5.14. The highest BCUT2D eigenvalue weighted by Gasteiger charge is 2.30. The average molecular weight is 249 g/mol. The van der Waals surface area contributed by atoms with Gasteiger partial charge in [-0.1, -0.05) is 12.1 Å². The SMILES string of the molecule is Nc1cccc(CN2CCN3CCCC3C2)c1F. The lowest BCUT2D eigenvalue weighted by molar-refractivity contribution is 0.0986. The zero-order chi connectivity index (χ0) is 12.5. The van der Waals surface area contributed by atoms with Gasteiger partial charge in [-0.3, -0.25) is 9.80 Å². The fraction of sp³-hybridized carbons (Fsp3) is 0.571. The summed E-state index contributed by atoms with van der Waals surface area (Å²) in [5, 5.41) is 0. The number of nitrogens with two attached hydrogens (primary N) is 1. The Balaban J connectivity index is 1.68. The van der Waals surface area contributed by atoms with Crippen LogP contribution in [-0.2, 0) is 6.54 Å². The lowest BCUT2D eigenvalue weighted by Crippen LogP contribution is -2.49. The van der Waals surface area contributed by atoms with E-state index in [-0.39, 0.29) is 11.5 Å². The number of hydrogen-bond donors (Lipinski definition) is 1. The van der Waals surface area contributed by atoms with Crippen LogP contribution in [0, 0.1) is 5.82 Å². The third kappa shape index (κ3) is 2.22. The highest BCUT2D eigenvalue weighted by Crippen LogP contribution is 2.23. The summed E-state index contributed by atoms with van der Waals surface area (Å²) in [4.78, 5) is 4.91. The molecule has 2 N–H and O–H groups in total. The fourth-order valence-electron chi connectivity index (χ4n) is 3.16. The first-order valence-corrected chi connectivity index (χ1v) is 6.73. The Morgan fingerprint density at radius 1 is 1.28 bits per heavy atom. The number of piperazine rings is 1. The Morgan fingerprint density at radius 2 is 2.17 bits per heavy atom. The van der Waals surface area contributed by atoms with Crippen molar-refractivity contribution in [1.29, 1.82) is 0 Å². The first kappa shape index (κ1) is 11.9. The molecular formula is C14H20FN3. The maximum atomic E-state index is 13.9. The Labute approximate surface area is 107 Å². The highest BCUT2D eigenvalue weighted by molar-refractivity contribution is 5.42. The van der Waals surface area contributed by atoms with Crippen LogP contribution in [0.3, 0.4) is 0 Å². The quantitative estimate of drug-likeness (QED) is 0.810. The number of anilines is 1. The highest BCUT2D eigenvalue weighted by atomic mass is 19.1. The summed E-state index contributed by atoms with van der Waals surface area (Å²) in [5.74, 6) is -0.244. The van der Waals surface area contributed by atoms with E-state index in [1.54, 1.807) is 6.07 Å². The van der Waals surface area contributed by atoms with Gasteiger partial charge in [-0.15, -0.1) is 0 Å². The second kappa shape index (κ2) is 4.86. The van der Waals surface area contributed by atoms with Crippen LogP contribution in [0.4, 0.5) is 10.1 Å². The normalized spacial score (nSPS) is 25.3.